The van der Waals surface area contributed by atoms with Gasteiger partial charge in [0.25, 0.3) is 12.3 Å². The van der Waals surface area contributed by atoms with E-state index in [0.717, 1.165) is 16.2 Å². The molecule has 0 atom stereocenters. The number of rotatable bonds is 5. The van der Waals surface area contributed by atoms with Crippen molar-refractivity contribution in [2.24, 2.45) is 0 Å². The lowest BCUT2D eigenvalue weighted by Gasteiger charge is -2.20. The summed E-state index contributed by atoms with van der Waals surface area (Å²) in [7, 11) is 0. The molecule has 4 nitrogen and oxygen atoms in total. The van der Waals surface area contributed by atoms with Crippen LogP contribution >= 0.6 is 11.3 Å². The van der Waals surface area contributed by atoms with Crippen molar-refractivity contribution in [3.63, 3.8) is 0 Å². The third-order valence-electron chi connectivity index (χ3n) is 2.12. The van der Waals surface area contributed by atoms with Gasteiger partial charge in [-0.3, -0.25) is 4.79 Å². The molecule has 0 fully saturated rings. The molecule has 104 valence electrons. The van der Waals surface area contributed by atoms with Crippen molar-refractivity contribution in [3.05, 3.63) is 21.9 Å². The minimum atomic E-state index is -2.65. The minimum Gasteiger partial charge on any atom is -0.395 e. The Balaban J connectivity index is 2.81. The second-order valence-corrected chi connectivity index (χ2v) is 4.57. The van der Waals surface area contributed by atoms with E-state index in [9.17, 15) is 13.6 Å². The molecular formula is C12H13F2NO3S. The van der Waals surface area contributed by atoms with Crippen LogP contribution in [-0.2, 0) is 0 Å². The van der Waals surface area contributed by atoms with Crippen LogP contribution in [0.2, 0.25) is 0 Å². The van der Waals surface area contributed by atoms with E-state index >= 15 is 0 Å². The second-order valence-electron chi connectivity index (χ2n) is 3.49. The van der Waals surface area contributed by atoms with Gasteiger partial charge in [-0.2, -0.15) is 0 Å². The zero-order valence-corrected chi connectivity index (χ0v) is 10.8. The first kappa shape index (κ1) is 15.6. The molecule has 1 aromatic rings. The number of hydrogen-bond donors (Lipinski definition) is 2. The monoisotopic (exact) mass is 289 g/mol. The summed E-state index contributed by atoms with van der Waals surface area (Å²) in [5.41, 5.74) is 0. The lowest BCUT2D eigenvalue weighted by molar-refractivity contribution is 0.0513. The Morgan fingerprint density at radius 1 is 1.42 bits per heavy atom. The first-order valence-electron chi connectivity index (χ1n) is 5.46. The Bertz CT molecular complexity index is 479. The number of halogens is 2. The maximum absolute atomic E-state index is 12.3. The van der Waals surface area contributed by atoms with Crippen LogP contribution in [0.3, 0.4) is 0 Å². The summed E-state index contributed by atoms with van der Waals surface area (Å²) >= 11 is 1.06. The molecule has 0 radical (unpaired) electrons. The van der Waals surface area contributed by atoms with Gasteiger partial charge in [-0.05, 0) is 12.1 Å². The molecule has 0 unspecified atom stereocenters. The first-order valence-corrected chi connectivity index (χ1v) is 6.28. The molecule has 0 saturated heterocycles. The Kier molecular flexibility index (Phi) is 6.42. The van der Waals surface area contributed by atoms with Crippen LogP contribution in [-0.4, -0.2) is 53.7 Å². The van der Waals surface area contributed by atoms with E-state index in [1.54, 1.807) is 6.07 Å². The Labute approximate surface area is 113 Å². The molecule has 1 heterocycles. The molecule has 1 aromatic heterocycles. The van der Waals surface area contributed by atoms with Gasteiger partial charge in [0.1, 0.15) is 6.61 Å². The van der Waals surface area contributed by atoms with E-state index in [1.165, 1.54) is 6.07 Å². The largest absolute Gasteiger partial charge is 0.395 e. The van der Waals surface area contributed by atoms with E-state index in [4.69, 9.17) is 10.2 Å². The van der Waals surface area contributed by atoms with Crippen molar-refractivity contribution in [1.82, 2.24) is 4.90 Å². The van der Waals surface area contributed by atoms with Crippen LogP contribution < -0.4 is 0 Å². The van der Waals surface area contributed by atoms with Crippen LogP contribution in [0.4, 0.5) is 8.78 Å². The molecule has 1 rings (SSSR count). The summed E-state index contributed by atoms with van der Waals surface area (Å²) in [5, 5.41) is 17.3. The number of carbonyl (C=O) groups excluding carboxylic acids is 1. The van der Waals surface area contributed by atoms with Gasteiger partial charge in [-0.25, -0.2) is 8.78 Å². The smallest absolute Gasteiger partial charge is 0.264 e. The highest BCUT2D eigenvalue weighted by Gasteiger charge is 2.20. The summed E-state index contributed by atoms with van der Waals surface area (Å²) in [6, 6.07) is 3.07. The maximum Gasteiger partial charge on any atom is 0.264 e. The molecule has 0 aliphatic rings. The minimum absolute atomic E-state index is 0.140. The molecule has 7 heteroatoms. The van der Waals surface area contributed by atoms with E-state index in [2.05, 4.69) is 11.8 Å². The number of nitrogens with zero attached hydrogens (tertiary/aromatic N) is 1. The molecule has 2 N–H and O–H groups in total. The zero-order valence-electron chi connectivity index (χ0n) is 9.97. The maximum atomic E-state index is 12.3. The van der Waals surface area contributed by atoms with Crippen LogP contribution in [0, 0.1) is 11.8 Å². The van der Waals surface area contributed by atoms with Crippen molar-refractivity contribution >= 4 is 17.2 Å². The summed E-state index contributed by atoms with van der Waals surface area (Å²) in [6.45, 7) is -1.52. The first-order chi connectivity index (χ1) is 9.08. The summed E-state index contributed by atoms with van der Waals surface area (Å²) < 4.78 is 24.7. The van der Waals surface area contributed by atoms with E-state index < -0.39 is 18.9 Å². The molecular weight excluding hydrogens is 276 g/mol. The Hall–Kier alpha value is -1.49. The van der Waals surface area contributed by atoms with Gasteiger partial charge in [0.15, 0.2) is 0 Å². The predicted molar refractivity (Wildman–Crippen MR) is 67.3 cm³/mol. The van der Waals surface area contributed by atoms with Gasteiger partial charge < -0.3 is 15.1 Å². The van der Waals surface area contributed by atoms with Crippen LogP contribution in [0.25, 0.3) is 0 Å². The van der Waals surface area contributed by atoms with Gasteiger partial charge >= 0.3 is 0 Å². The highest BCUT2D eigenvalue weighted by molar-refractivity contribution is 7.14. The Morgan fingerprint density at radius 2 is 2.16 bits per heavy atom. The molecule has 0 aliphatic carbocycles. The predicted octanol–water partition coefficient (Wildman–Crippen LogP) is 0.792. The normalized spacial score (nSPS) is 10.2. The summed E-state index contributed by atoms with van der Waals surface area (Å²) in [4.78, 5) is 13.7. The molecule has 19 heavy (non-hydrogen) atoms. The summed E-state index contributed by atoms with van der Waals surface area (Å²) in [5.74, 6) is 4.51. The third-order valence-corrected chi connectivity index (χ3v) is 3.11. The number of carbonyl (C=O) groups is 1. The lowest BCUT2D eigenvalue weighted by atomic mass is 10.3. The molecule has 0 aromatic carbocycles. The molecule has 0 spiro atoms. The fourth-order valence-corrected chi connectivity index (χ4v) is 2.21. The van der Waals surface area contributed by atoms with Crippen molar-refractivity contribution in [1.29, 1.82) is 0 Å². The van der Waals surface area contributed by atoms with Gasteiger partial charge in [0.05, 0.1) is 22.9 Å². The highest BCUT2D eigenvalue weighted by Crippen LogP contribution is 2.18. The summed E-state index contributed by atoms with van der Waals surface area (Å²) in [6.07, 6.45) is -2.65. The van der Waals surface area contributed by atoms with Crippen LogP contribution in [0.15, 0.2) is 12.1 Å². The standard InChI is InChI=1S/C12H13F2NO3S/c13-11(14)8-15(5-7-17)12(18)10-4-3-9(19-10)2-1-6-16/h3-4,11,16-17H,5-8H2. The van der Waals surface area contributed by atoms with Crippen molar-refractivity contribution in [2.45, 2.75) is 6.43 Å². The zero-order chi connectivity index (χ0) is 14.3. The van der Waals surface area contributed by atoms with Crippen molar-refractivity contribution in [2.75, 3.05) is 26.3 Å². The molecule has 0 aliphatic heterocycles. The second kappa shape index (κ2) is 7.84. The van der Waals surface area contributed by atoms with Crippen LogP contribution in [0.5, 0.6) is 0 Å². The molecule has 0 saturated carbocycles. The van der Waals surface area contributed by atoms with Crippen LogP contribution in [0.1, 0.15) is 14.5 Å². The topological polar surface area (TPSA) is 60.8 Å². The SMILES string of the molecule is O=C(c1ccc(C#CCO)s1)N(CCO)CC(F)F. The number of aliphatic hydroxyl groups is 2. The van der Waals surface area contributed by atoms with Crippen molar-refractivity contribution < 1.29 is 23.8 Å². The third kappa shape index (κ3) is 4.95. The number of hydrogen-bond acceptors (Lipinski definition) is 4. The number of thiophene rings is 1. The number of amides is 1. The molecule has 0 bridgehead atoms. The van der Waals surface area contributed by atoms with E-state index in [-0.39, 0.29) is 24.6 Å². The quantitative estimate of drug-likeness (QED) is 0.788. The fourth-order valence-electron chi connectivity index (χ4n) is 1.37. The van der Waals surface area contributed by atoms with E-state index in [1.807, 2.05) is 0 Å². The fraction of sp³-hybridized carbons (Fsp3) is 0.417. The number of aliphatic hydroxyl groups excluding tert-OH is 2. The van der Waals surface area contributed by atoms with Gasteiger partial charge in [0, 0.05) is 6.54 Å². The average molecular weight is 289 g/mol. The van der Waals surface area contributed by atoms with Crippen molar-refractivity contribution in [3.8, 4) is 11.8 Å². The Morgan fingerprint density at radius 3 is 2.74 bits per heavy atom. The van der Waals surface area contributed by atoms with Gasteiger partial charge in [-0.1, -0.05) is 11.8 Å². The van der Waals surface area contributed by atoms with E-state index in [0.29, 0.717) is 4.88 Å². The van der Waals surface area contributed by atoms with Gasteiger partial charge in [0.2, 0.25) is 0 Å². The highest BCUT2D eigenvalue weighted by atomic mass is 32.1. The molecule has 1 amide bonds. The average Bonchev–Trinajstić information content (AvgIpc) is 2.83. The lowest BCUT2D eigenvalue weighted by Crippen LogP contribution is -2.36. The number of alkyl halides is 2. The van der Waals surface area contributed by atoms with Gasteiger partial charge in [-0.15, -0.1) is 11.3 Å².